The summed E-state index contributed by atoms with van der Waals surface area (Å²) in [5.41, 5.74) is 2.09. The molecule has 3 rings (SSSR count). The molecule has 0 saturated heterocycles. The molecule has 1 heterocycles. The number of amides is 1. The molecular formula is C20H23NO4. The molecule has 2 aromatic rings. The van der Waals surface area contributed by atoms with Crippen LogP contribution in [0, 0.1) is 0 Å². The molecule has 1 amide bonds. The number of carbonyl (C=O) groups excluding carboxylic acids is 1. The minimum absolute atomic E-state index is 0.00278. The van der Waals surface area contributed by atoms with Crippen molar-refractivity contribution in [1.29, 1.82) is 0 Å². The zero-order chi connectivity index (χ0) is 17.5. The van der Waals surface area contributed by atoms with Crippen molar-refractivity contribution in [2.24, 2.45) is 0 Å². The Hall–Kier alpha value is -2.69. The molecule has 0 fully saturated rings. The van der Waals surface area contributed by atoms with Crippen molar-refractivity contribution >= 4 is 5.91 Å². The largest absolute Gasteiger partial charge is 0.497 e. The van der Waals surface area contributed by atoms with Crippen LogP contribution in [0.2, 0.25) is 0 Å². The zero-order valence-electron chi connectivity index (χ0n) is 14.4. The van der Waals surface area contributed by atoms with E-state index in [0.29, 0.717) is 26.2 Å². The van der Waals surface area contributed by atoms with Gasteiger partial charge in [-0.25, -0.2) is 0 Å². The van der Waals surface area contributed by atoms with E-state index in [9.17, 15) is 4.79 Å². The lowest BCUT2D eigenvalue weighted by atomic mass is 10.1. The molecule has 1 aliphatic heterocycles. The Morgan fingerprint density at radius 3 is 2.52 bits per heavy atom. The summed E-state index contributed by atoms with van der Waals surface area (Å²) < 4.78 is 16.4. The number of benzene rings is 2. The second-order valence-electron chi connectivity index (χ2n) is 5.96. The predicted octanol–water partition coefficient (Wildman–Crippen LogP) is 2.76. The van der Waals surface area contributed by atoms with Gasteiger partial charge in [0.15, 0.2) is 11.5 Å². The molecule has 0 atom stereocenters. The first-order valence-electron chi connectivity index (χ1n) is 8.53. The Bertz CT molecular complexity index is 712. The van der Waals surface area contributed by atoms with Gasteiger partial charge in [0.05, 0.1) is 26.7 Å². The summed E-state index contributed by atoms with van der Waals surface area (Å²) in [6.07, 6.45) is 1.99. The average Bonchev–Trinajstić information content (AvgIpc) is 2.87. The first kappa shape index (κ1) is 17.1. The number of ether oxygens (including phenoxy) is 3. The highest BCUT2D eigenvalue weighted by Crippen LogP contribution is 2.30. The maximum atomic E-state index is 12.1. The van der Waals surface area contributed by atoms with Crippen LogP contribution in [0.1, 0.15) is 17.5 Å². The van der Waals surface area contributed by atoms with Crippen LogP contribution < -0.4 is 19.5 Å². The van der Waals surface area contributed by atoms with E-state index in [1.165, 1.54) is 0 Å². The SMILES string of the molecule is COc1ccc(CCNC(=O)Cc2ccc3c(c2)OCCCO3)cc1. The predicted molar refractivity (Wildman–Crippen MR) is 95.5 cm³/mol. The highest BCUT2D eigenvalue weighted by atomic mass is 16.5. The number of rotatable bonds is 6. The number of fused-ring (bicyclic) bond motifs is 1. The Morgan fingerprint density at radius 1 is 1.04 bits per heavy atom. The van der Waals surface area contributed by atoms with Crippen LogP contribution in [0.4, 0.5) is 0 Å². The van der Waals surface area contributed by atoms with E-state index < -0.39 is 0 Å². The van der Waals surface area contributed by atoms with E-state index >= 15 is 0 Å². The Labute approximate surface area is 147 Å². The summed E-state index contributed by atoms with van der Waals surface area (Å²) in [7, 11) is 1.65. The highest BCUT2D eigenvalue weighted by molar-refractivity contribution is 5.78. The molecule has 132 valence electrons. The third-order valence-corrected chi connectivity index (χ3v) is 4.07. The molecule has 0 saturated carbocycles. The van der Waals surface area contributed by atoms with Gasteiger partial charge < -0.3 is 19.5 Å². The van der Waals surface area contributed by atoms with Crippen LogP contribution in [-0.2, 0) is 17.6 Å². The number of hydrogen-bond acceptors (Lipinski definition) is 4. The number of methoxy groups -OCH3 is 1. The molecule has 1 aliphatic rings. The Balaban J connectivity index is 1.48. The van der Waals surface area contributed by atoms with Crippen molar-refractivity contribution in [3.8, 4) is 17.2 Å². The van der Waals surface area contributed by atoms with Crippen molar-refractivity contribution in [1.82, 2.24) is 5.32 Å². The Kier molecular flexibility index (Phi) is 5.77. The Morgan fingerprint density at radius 2 is 1.76 bits per heavy atom. The maximum Gasteiger partial charge on any atom is 0.224 e. The maximum absolute atomic E-state index is 12.1. The van der Waals surface area contributed by atoms with Gasteiger partial charge in [-0.3, -0.25) is 4.79 Å². The fraction of sp³-hybridized carbons (Fsp3) is 0.350. The molecule has 0 unspecified atom stereocenters. The van der Waals surface area contributed by atoms with E-state index in [1.54, 1.807) is 7.11 Å². The number of nitrogens with one attached hydrogen (secondary N) is 1. The van der Waals surface area contributed by atoms with Crippen LogP contribution in [0.25, 0.3) is 0 Å². The van der Waals surface area contributed by atoms with Crippen LogP contribution in [0.5, 0.6) is 17.2 Å². The van der Waals surface area contributed by atoms with Gasteiger partial charge >= 0.3 is 0 Å². The minimum Gasteiger partial charge on any atom is -0.497 e. The van der Waals surface area contributed by atoms with Crippen LogP contribution in [0.3, 0.4) is 0 Å². The molecule has 0 aromatic heterocycles. The average molecular weight is 341 g/mol. The van der Waals surface area contributed by atoms with E-state index in [0.717, 1.165) is 41.2 Å². The second kappa shape index (κ2) is 8.42. The van der Waals surface area contributed by atoms with Crippen LogP contribution >= 0.6 is 0 Å². The molecule has 0 radical (unpaired) electrons. The number of carbonyl (C=O) groups is 1. The fourth-order valence-corrected chi connectivity index (χ4v) is 2.70. The summed E-state index contributed by atoms with van der Waals surface area (Å²) in [4.78, 5) is 12.1. The van der Waals surface area contributed by atoms with Crippen molar-refractivity contribution in [2.45, 2.75) is 19.3 Å². The van der Waals surface area contributed by atoms with Gasteiger partial charge in [0, 0.05) is 13.0 Å². The number of hydrogen-bond donors (Lipinski definition) is 1. The minimum atomic E-state index is 0.00278. The van der Waals surface area contributed by atoms with Gasteiger partial charge in [0.1, 0.15) is 5.75 Å². The zero-order valence-corrected chi connectivity index (χ0v) is 14.4. The highest BCUT2D eigenvalue weighted by Gasteiger charge is 2.12. The first-order chi connectivity index (χ1) is 12.2. The van der Waals surface area contributed by atoms with Gasteiger partial charge in [0.25, 0.3) is 0 Å². The first-order valence-corrected chi connectivity index (χ1v) is 8.53. The monoisotopic (exact) mass is 341 g/mol. The van der Waals surface area contributed by atoms with Gasteiger partial charge in [-0.05, 0) is 41.8 Å². The quantitative estimate of drug-likeness (QED) is 0.878. The molecule has 5 heteroatoms. The second-order valence-corrected chi connectivity index (χ2v) is 5.96. The molecule has 1 N–H and O–H groups in total. The molecule has 2 aromatic carbocycles. The van der Waals surface area contributed by atoms with E-state index in [2.05, 4.69) is 5.32 Å². The van der Waals surface area contributed by atoms with Crippen molar-refractivity contribution in [3.63, 3.8) is 0 Å². The lowest BCUT2D eigenvalue weighted by molar-refractivity contribution is -0.120. The van der Waals surface area contributed by atoms with Crippen LogP contribution in [-0.4, -0.2) is 32.8 Å². The summed E-state index contributed by atoms with van der Waals surface area (Å²) >= 11 is 0. The molecule has 25 heavy (non-hydrogen) atoms. The van der Waals surface area contributed by atoms with Crippen molar-refractivity contribution < 1.29 is 19.0 Å². The summed E-state index contributed by atoms with van der Waals surface area (Å²) in [6.45, 7) is 1.92. The van der Waals surface area contributed by atoms with Gasteiger partial charge in [-0.2, -0.15) is 0 Å². The van der Waals surface area contributed by atoms with E-state index in [-0.39, 0.29) is 5.91 Å². The molecule has 0 bridgehead atoms. The molecule has 0 aliphatic carbocycles. The molecular weight excluding hydrogens is 318 g/mol. The van der Waals surface area contributed by atoms with Crippen LogP contribution in [0.15, 0.2) is 42.5 Å². The van der Waals surface area contributed by atoms with Gasteiger partial charge in [0.2, 0.25) is 5.91 Å². The van der Waals surface area contributed by atoms with E-state index in [1.807, 2.05) is 42.5 Å². The van der Waals surface area contributed by atoms with Gasteiger partial charge in [-0.15, -0.1) is 0 Å². The standard InChI is InChI=1S/C20H23NO4/c1-23-17-6-3-15(4-7-17)9-10-21-20(22)14-16-5-8-18-19(13-16)25-12-2-11-24-18/h3-8,13H,2,9-12,14H2,1H3,(H,21,22). The summed E-state index contributed by atoms with van der Waals surface area (Å²) in [6, 6.07) is 13.5. The summed E-state index contributed by atoms with van der Waals surface area (Å²) in [5.74, 6) is 2.31. The van der Waals surface area contributed by atoms with Gasteiger partial charge in [-0.1, -0.05) is 18.2 Å². The third kappa shape index (κ3) is 4.89. The lowest BCUT2D eigenvalue weighted by Crippen LogP contribution is -2.27. The van der Waals surface area contributed by atoms with Crippen molar-refractivity contribution in [3.05, 3.63) is 53.6 Å². The molecule has 5 nitrogen and oxygen atoms in total. The summed E-state index contributed by atoms with van der Waals surface area (Å²) in [5, 5.41) is 2.96. The molecule has 0 spiro atoms. The fourth-order valence-electron chi connectivity index (χ4n) is 2.70. The topological polar surface area (TPSA) is 56.8 Å². The third-order valence-electron chi connectivity index (χ3n) is 4.07. The lowest BCUT2D eigenvalue weighted by Gasteiger charge is -2.10. The normalized spacial score (nSPS) is 13.0. The smallest absolute Gasteiger partial charge is 0.224 e. The van der Waals surface area contributed by atoms with Crippen molar-refractivity contribution in [2.75, 3.05) is 26.9 Å². The van der Waals surface area contributed by atoms with E-state index in [4.69, 9.17) is 14.2 Å².